The summed E-state index contributed by atoms with van der Waals surface area (Å²) in [5.41, 5.74) is 6.72. The number of Topliss-reactive ketones (excluding diaryl/α,β-unsaturated/α-hetero) is 3. The molecule has 23 nitrogen and oxygen atoms in total. The number of benzene rings is 3. The fourth-order valence-corrected chi connectivity index (χ4v) is 13.4. The van der Waals surface area contributed by atoms with Gasteiger partial charge < -0.3 is 40.9 Å². The summed E-state index contributed by atoms with van der Waals surface area (Å²) in [6.45, 7) is -0.0754. The van der Waals surface area contributed by atoms with Crippen LogP contribution in [0.4, 0.5) is 0 Å². The minimum Gasteiger partial charge on any atom is -0.370 e. The average molecular weight is 1170 g/mol. The van der Waals surface area contributed by atoms with Crippen LogP contribution >= 0.6 is 7.60 Å². The van der Waals surface area contributed by atoms with Gasteiger partial charge in [0, 0.05) is 74.1 Å². The zero-order valence-electron chi connectivity index (χ0n) is 45.5. The van der Waals surface area contributed by atoms with E-state index in [9.17, 15) is 65.9 Å². The van der Waals surface area contributed by atoms with Gasteiger partial charge in [-0.3, -0.25) is 56.9 Å². The van der Waals surface area contributed by atoms with Gasteiger partial charge in [-0.1, -0.05) is 18.2 Å². The van der Waals surface area contributed by atoms with E-state index in [0.717, 1.165) is 31.1 Å². The van der Waals surface area contributed by atoms with Gasteiger partial charge in [0.05, 0.1) is 34.4 Å². The number of H-pyrrole nitrogens is 1. The van der Waals surface area contributed by atoms with Gasteiger partial charge in [-0.15, -0.1) is 0 Å². The van der Waals surface area contributed by atoms with E-state index in [1.54, 1.807) is 24.1 Å². The number of nitrogens with zero attached hydrogens (tertiary/aromatic N) is 4. The van der Waals surface area contributed by atoms with Crippen LogP contribution in [-0.4, -0.2) is 138 Å². The number of hydrogen-bond acceptors (Lipinski definition) is 13. The zero-order valence-corrected chi connectivity index (χ0v) is 47.3. The second-order valence-corrected chi connectivity index (χ2v) is 25.9. The fourth-order valence-electron chi connectivity index (χ4n) is 12.3. The van der Waals surface area contributed by atoms with Gasteiger partial charge in [-0.05, 0) is 143 Å². The van der Waals surface area contributed by atoms with Crippen molar-refractivity contribution in [3.63, 3.8) is 0 Å². The van der Waals surface area contributed by atoms with Crippen molar-refractivity contribution in [2.75, 3.05) is 19.3 Å². The number of aromatic amines is 1. The van der Waals surface area contributed by atoms with Gasteiger partial charge in [0.15, 0.2) is 21.4 Å². The lowest BCUT2D eigenvalue weighted by molar-refractivity contribution is -0.147. The van der Waals surface area contributed by atoms with Gasteiger partial charge in [-0.2, -0.15) is 0 Å². The van der Waals surface area contributed by atoms with E-state index < -0.39 is 82.6 Å². The number of carbonyl (C=O) groups is 9. The number of fused-ring (bicyclic) bond motifs is 3. The van der Waals surface area contributed by atoms with Crippen LogP contribution in [0.25, 0.3) is 21.9 Å². The van der Waals surface area contributed by atoms with Crippen molar-refractivity contribution in [3.05, 3.63) is 99.6 Å². The first-order chi connectivity index (χ1) is 38.8. The summed E-state index contributed by atoms with van der Waals surface area (Å²) in [6, 6.07) is 12.0. The van der Waals surface area contributed by atoms with Crippen molar-refractivity contribution >= 4 is 91.8 Å². The van der Waals surface area contributed by atoms with Crippen LogP contribution in [0.2, 0.25) is 0 Å². The highest BCUT2D eigenvalue weighted by molar-refractivity contribution is 7.90. The minimum absolute atomic E-state index is 0.0757. The number of amides is 5. The number of hydrogen-bond donors (Lipinski definition) is 6. The Bertz CT molecular complexity index is 3630. The number of sulfone groups is 1. The summed E-state index contributed by atoms with van der Waals surface area (Å²) in [6.07, 6.45) is 6.17. The highest BCUT2D eigenvalue weighted by Gasteiger charge is 2.47. The maximum Gasteiger partial charge on any atom is 0.396 e. The number of nitrogens with two attached hydrogens (primary N) is 1. The third kappa shape index (κ3) is 13.1. The highest BCUT2D eigenvalue weighted by atomic mass is 32.2. The molecule has 1 unspecified atom stereocenters. The predicted octanol–water partition coefficient (Wildman–Crippen LogP) is 3.49. The molecule has 5 aromatic rings. The number of aryl methyl sites for hydroxylation is 3. The lowest BCUT2D eigenvalue weighted by Gasteiger charge is -2.40. The molecule has 2 aromatic heterocycles. The van der Waals surface area contributed by atoms with Gasteiger partial charge in [0.25, 0.3) is 11.4 Å². The van der Waals surface area contributed by atoms with Gasteiger partial charge in [-0.25, -0.2) is 13.2 Å². The van der Waals surface area contributed by atoms with Crippen molar-refractivity contribution < 1.29 is 65.9 Å². The number of imidazole rings is 1. The van der Waals surface area contributed by atoms with Crippen molar-refractivity contribution in [1.29, 1.82) is 0 Å². The molecule has 2 aliphatic heterocycles. The molecule has 0 bridgehead atoms. The van der Waals surface area contributed by atoms with Crippen molar-refractivity contribution in [3.8, 4) is 0 Å². The first kappa shape index (κ1) is 59.2. The quantitative estimate of drug-likeness (QED) is 0.0509. The molecule has 436 valence electrons. The normalized spacial score (nSPS) is 22.1. The summed E-state index contributed by atoms with van der Waals surface area (Å²) >= 11 is 0. The molecule has 7 N–H and O–H groups in total. The molecule has 5 atom stereocenters. The van der Waals surface area contributed by atoms with Crippen LogP contribution in [0.1, 0.15) is 128 Å². The van der Waals surface area contributed by atoms with E-state index >= 15 is 4.79 Å². The van der Waals surface area contributed by atoms with E-state index in [2.05, 4.69) is 15.6 Å². The van der Waals surface area contributed by atoms with E-state index in [1.807, 2.05) is 18.2 Å². The number of carbonyl (C=O) groups excluding carboxylic acids is 9. The molecule has 5 amide bonds. The molecular weight excluding hydrogens is 1100 g/mol. The zero-order chi connectivity index (χ0) is 58.9. The minimum atomic E-state index is -5.13. The van der Waals surface area contributed by atoms with Gasteiger partial charge in [0.2, 0.25) is 23.6 Å². The third-order valence-electron chi connectivity index (χ3n) is 16.8. The standard InChI is InChI=1S/C57H67N8O15PS/c1-62-48-27-34(9-20-45(48)65(57(62)75)46-22-15-39(66)30-50(46)68)4-3-32-5-11-35(12-6-32)54(72)63-26-25-38-14-21-47(53(71)60-42(19-24-51(58)69)49(67)23-10-33-7-16-40(17-8-33)82(2,79)80)64(38)55(73)44(31-63)61-52(70)43-29-37-28-36(13-18-41(37)59-43)56(74)81(76,77)78/h7-9,13,16-18,20,27-29,32,35,38,42,44,46-47,59H,3-6,10-12,14-15,19,21-26,30-31H2,1-2H3,(H2,58,69)(H,60,71)(H,61,70)(H2,76,77,78)/t32?,35?,38-,42+,44+,46?,47+/m1/s1. The first-order valence-corrected chi connectivity index (χ1v) is 31.1. The second-order valence-electron chi connectivity index (χ2n) is 22.4. The summed E-state index contributed by atoms with van der Waals surface area (Å²) in [7, 11) is -6.92. The van der Waals surface area contributed by atoms with E-state index in [-0.39, 0.29) is 121 Å². The van der Waals surface area contributed by atoms with E-state index in [0.29, 0.717) is 54.2 Å². The molecule has 9 rings (SSSR count). The van der Waals surface area contributed by atoms with Crippen molar-refractivity contribution in [2.24, 2.45) is 24.6 Å². The van der Waals surface area contributed by atoms with Crippen LogP contribution in [-0.2, 0) is 67.9 Å². The average Bonchev–Trinajstić information content (AvgIpc) is 4.36. The highest BCUT2D eigenvalue weighted by Crippen LogP contribution is 2.40. The van der Waals surface area contributed by atoms with Gasteiger partial charge in [0.1, 0.15) is 23.6 Å². The molecule has 2 saturated heterocycles. The van der Waals surface area contributed by atoms with Crippen molar-refractivity contribution in [1.82, 2.24) is 34.6 Å². The summed E-state index contributed by atoms with van der Waals surface area (Å²) in [5.74, 6) is -3.90. The molecular formula is C57H67N8O15PS. The smallest absolute Gasteiger partial charge is 0.370 e. The third-order valence-corrected chi connectivity index (χ3v) is 18.7. The maximum atomic E-state index is 15.1. The number of nitrogens with one attached hydrogen (secondary N) is 3. The Kier molecular flexibility index (Phi) is 17.5. The number of primary amides is 1. The Morgan fingerprint density at radius 3 is 2.23 bits per heavy atom. The molecule has 2 saturated carbocycles. The van der Waals surface area contributed by atoms with Crippen LogP contribution in [0.5, 0.6) is 0 Å². The lowest BCUT2D eigenvalue weighted by atomic mass is 9.79. The largest absolute Gasteiger partial charge is 0.396 e. The topological polar surface area (TPSA) is 345 Å². The SMILES string of the molecule is Cn1c(=O)n(C2CCC(=O)CC2=O)c2ccc(CCC3CCC(C(=O)N4CC[C@H]5CC[C@@H](C(=O)N[C@@H](CCC(N)=O)C(=O)CCc6ccc(S(C)(=O)=O)cc6)N5C(=O)[C@@H](NC(=O)c5cc6cc(C(=O)P(=O)(O)O)ccc6[nH]5)C4)CC3)cc21. The number of aromatic nitrogens is 3. The van der Waals surface area contributed by atoms with Gasteiger partial charge >= 0.3 is 13.3 Å². The van der Waals surface area contributed by atoms with Crippen molar-refractivity contribution in [2.45, 2.75) is 138 Å². The second kappa shape index (κ2) is 24.2. The molecule has 2 aliphatic carbocycles. The predicted molar refractivity (Wildman–Crippen MR) is 298 cm³/mol. The Labute approximate surface area is 471 Å². The maximum absolute atomic E-state index is 15.1. The molecule has 0 spiro atoms. The molecule has 4 heterocycles. The molecule has 4 aliphatic rings. The van der Waals surface area contributed by atoms with E-state index in [1.165, 1.54) is 50.4 Å². The molecule has 25 heteroatoms. The molecule has 0 radical (unpaired) electrons. The van der Waals surface area contributed by atoms with E-state index in [4.69, 9.17) is 5.73 Å². The summed E-state index contributed by atoms with van der Waals surface area (Å²) < 4.78 is 38.8. The number of rotatable bonds is 19. The van der Waals surface area contributed by atoms with Crippen LogP contribution in [0.3, 0.4) is 0 Å². The molecule has 3 aromatic carbocycles. The fraction of sp³-hybridized carbons (Fsp3) is 0.474. The summed E-state index contributed by atoms with van der Waals surface area (Å²) in [5, 5.41) is 5.82. The lowest BCUT2D eigenvalue weighted by Crippen LogP contribution is -2.62. The number of ketones is 3. The first-order valence-electron chi connectivity index (χ1n) is 27.6. The Hall–Kier alpha value is -7.40. The van der Waals surface area contributed by atoms with Crippen LogP contribution in [0, 0.1) is 11.8 Å². The van der Waals surface area contributed by atoms with Crippen LogP contribution < -0.4 is 22.1 Å². The Morgan fingerprint density at radius 1 is 0.829 bits per heavy atom. The summed E-state index contributed by atoms with van der Waals surface area (Å²) in [4.78, 5) is 160. The monoisotopic (exact) mass is 1170 g/mol. The Balaban J connectivity index is 0.891. The molecule has 82 heavy (non-hydrogen) atoms. The van der Waals surface area contributed by atoms with Crippen LogP contribution in [0.15, 0.2) is 76.4 Å². The molecule has 4 fully saturated rings. The Morgan fingerprint density at radius 2 is 1.55 bits per heavy atom.